The Kier molecular flexibility index (Phi) is 4.57. The molecule has 0 atom stereocenters. The smallest absolute Gasteiger partial charge is 0.288 e. The zero-order valence-corrected chi connectivity index (χ0v) is 14.0. The van der Waals surface area contributed by atoms with E-state index >= 15 is 0 Å². The summed E-state index contributed by atoms with van der Waals surface area (Å²) in [5.41, 5.74) is 2.54. The quantitative estimate of drug-likeness (QED) is 0.888. The van der Waals surface area contributed by atoms with E-state index in [1.807, 2.05) is 38.9 Å². The van der Waals surface area contributed by atoms with E-state index in [-0.39, 0.29) is 5.56 Å². The molecule has 0 saturated carbocycles. The lowest BCUT2D eigenvalue weighted by Gasteiger charge is -2.17. The van der Waals surface area contributed by atoms with Gasteiger partial charge in [0.2, 0.25) is 0 Å². The molecule has 2 N–H and O–H groups in total. The van der Waals surface area contributed by atoms with Gasteiger partial charge in [-0.25, -0.2) is 4.98 Å². The first-order valence-electron chi connectivity index (χ1n) is 7.36. The van der Waals surface area contributed by atoms with Gasteiger partial charge in [-0.15, -0.1) is 0 Å². The molecular formula is C16H21F2N5. The first-order valence-corrected chi connectivity index (χ1v) is 7.36. The van der Waals surface area contributed by atoms with Crippen molar-refractivity contribution in [3.8, 4) is 6.07 Å². The van der Waals surface area contributed by atoms with Gasteiger partial charge < -0.3 is 15.2 Å². The number of likely N-dealkylation sites (N-methyl/N-ethyl adjacent to an activating group) is 1. The van der Waals surface area contributed by atoms with E-state index in [1.165, 1.54) is 0 Å². The Morgan fingerprint density at radius 1 is 1.35 bits per heavy atom. The minimum atomic E-state index is -3.19. The van der Waals surface area contributed by atoms with Crippen molar-refractivity contribution in [3.63, 3.8) is 0 Å². The van der Waals surface area contributed by atoms with Crippen LogP contribution >= 0.6 is 0 Å². The highest BCUT2D eigenvalue weighted by Crippen LogP contribution is 2.37. The topological polar surface area (TPSA) is 67.7 Å². The molecular weight excluding hydrogens is 300 g/mol. The van der Waals surface area contributed by atoms with Crippen molar-refractivity contribution in [1.82, 2.24) is 14.9 Å². The van der Waals surface area contributed by atoms with Crippen LogP contribution in [-0.2, 0) is 5.92 Å². The van der Waals surface area contributed by atoms with Crippen molar-refractivity contribution in [2.75, 3.05) is 32.5 Å². The van der Waals surface area contributed by atoms with E-state index in [4.69, 9.17) is 0 Å². The number of anilines is 1. The van der Waals surface area contributed by atoms with Crippen LogP contribution in [-0.4, -0.2) is 42.1 Å². The first-order chi connectivity index (χ1) is 10.7. The number of aromatic amines is 1. The summed E-state index contributed by atoms with van der Waals surface area (Å²) in [6.45, 7) is 5.70. The Morgan fingerprint density at radius 2 is 2.00 bits per heavy atom. The number of alkyl halides is 2. The first kappa shape index (κ1) is 17.2. The normalized spacial score (nSPS) is 12.0. The Morgan fingerprint density at radius 3 is 2.52 bits per heavy atom. The van der Waals surface area contributed by atoms with Gasteiger partial charge in [0, 0.05) is 25.7 Å². The van der Waals surface area contributed by atoms with Crippen LogP contribution < -0.4 is 5.32 Å². The number of nitrogens with one attached hydrogen (secondary N) is 2. The molecule has 124 valence electrons. The number of halogens is 2. The largest absolute Gasteiger partial charge is 0.381 e. The van der Waals surface area contributed by atoms with Crippen LogP contribution in [0.3, 0.4) is 0 Å². The SMILES string of the molecule is Cc1[nH]c2c(NCCN(C)C)c(C#N)c(C(C)(F)F)nc2c1C. The molecule has 0 spiro atoms. The summed E-state index contributed by atoms with van der Waals surface area (Å²) < 4.78 is 27.9. The Bertz CT molecular complexity index is 766. The number of aromatic nitrogens is 2. The molecule has 0 radical (unpaired) electrons. The van der Waals surface area contributed by atoms with Gasteiger partial charge in [0.15, 0.2) is 0 Å². The molecule has 0 fully saturated rings. The number of fused-ring (bicyclic) bond motifs is 1. The zero-order chi connectivity index (χ0) is 17.4. The third-order valence-corrected chi connectivity index (χ3v) is 3.82. The summed E-state index contributed by atoms with van der Waals surface area (Å²) in [5, 5.41) is 12.5. The van der Waals surface area contributed by atoms with Crippen LogP contribution in [0.4, 0.5) is 14.5 Å². The average Bonchev–Trinajstić information content (AvgIpc) is 2.72. The molecule has 23 heavy (non-hydrogen) atoms. The highest BCUT2D eigenvalue weighted by molar-refractivity contribution is 5.94. The minimum absolute atomic E-state index is 0.106. The summed E-state index contributed by atoms with van der Waals surface area (Å²) in [7, 11) is 3.84. The van der Waals surface area contributed by atoms with Crippen molar-refractivity contribution in [3.05, 3.63) is 22.5 Å². The third-order valence-electron chi connectivity index (χ3n) is 3.82. The van der Waals surface area contributed by atoms with Crippen molar-refractivity contribution >= 4 is 16.7 Å². The average molecular weight is 321 g/mol. The standard InChI is InChI=1S/C16H21F2N5/c1-9-10(2)21-14-12(9)22-15(16(3,17)18)11(8-19)13(14)20-6-7-23(4)5/h21H,6-7H2,1-5H3,(H,20,22). The summed E-state index contributed by atoms with van der Waals surface area (Å²) in [6, 6.07) is 1.89. The molecule has 2 heterocycles. The number of nitrogens with zero attached hydrogens (tertiary/aromatic N) is 3. The number of rotatable bonds is 5. The molecule has 7 heteroatoms. The van der Waals surface area contributed by atoms with Crippen molar-refractivity contribution < 1.29 is 8.78 Å². The summed E-state index contributed by atoms with van der Waals surface area (Å²) in [5.74, 6) is -3.19. The van der Waals surface area contributed by atoms with Crippen LogP contribution in [0.1, 0.15) is 29.4 Å². The zero-order valence-electron chi connectivity index (χ0n) is 14.0. The van der Waals surface area contributed by atoms with E-state index in [0.717, 1.165) is 18.2 Å². The lowest BCUT2D eigenvalue weighted by molar-refractivity contribution is 0.0128. The summed E-state index contributed by atoms with van der Waals surface area (Å²) >= 11 is 0. The molecule has 5 nitrogen and oxygen atoms in total. The van der Waals surface area contributed by atoms with E-state index < -0.39 is 11.6 Å². The molecule has 0 amide bonds. The van der Waals surface area contributed by atoms with Gasteiger partial charge in [-0.1, -0.05) is 0 Å². The summed E-state index contributed by atoms with van der Waals surface area (Å²) in [4.78, 5) is 9.21. The van der Waals surface area contributed by atoms with Crippen LogP contribution in [0, 0.1) is 25.2 Å². The van der Waals surface area contributed by atoms with E-state index in [1.54, 1.807) is 0 Å². The van der Waals surface area contributed by atoms with Crippen molar-refractivity contribution in [2.24, 2.45) is 0 Å². The number of H-pyrrole nitrogens is 1. The molecule has 2 aromatic rings. The minimum Gasteiger partial charge on any atom is -0.381 e. The highest BCUT2D eigenvalue weighted by Gasteiger charge is 2.33. The van der Waals surface area contributed by atoms with Crippen LogP contribution in [0.5, 0.6) is 0 Å². The monoisotopic (exact) mass is 321 g/mol. The molecule has 2 rings (SSSR count). The predicted molar refractivity (Wildman–Crippen MR) is 86.9 cm³/mol. The number of hydrogen-bond acceptors (Lipinski definition) is 4. The van der Waals surface area contributed by atoms with Crippen LogP contribution in [0.25, 0.3) is 11.0 Å². The van der Waals surface area contributed by atoms with Gasteiger partial charge in [0.25, 0.3) is 5.92 Å². The molecule has 0 aliphatic heterocycles. The van der Waals surface area contributed by atoms with Crippen LogP contribution in [0.2, 0.25) is 0 Å². The number of hydrogen-bond donors (Lipinski definition) is 2. The molecule has 0 unspecified atom stereocenters. The maximum Gasteiger partial charge on any atom is 0.288 e. The second kappa shape index (κ2) is 6.13. The summed E-state index contributed by atoms with van der Waals surface area (Å²) in [6.07, 6.45) is 0. The molecule has 0 aromatic carbocycles. The fourth-order valence-electron chi connectivity index (χ4n) is 2.45. The maximum atomic E-state index is 13.9. The Labute approximate surface area is 134 Å². The fraction of sp³-hybridized carbons (Fsp3) is 0.500. The second-order valence-electron chi connectivity index (χ2n) is 6.04. The van der Waals surface area contributed by atoms with Crippen molar-refractivity contribution in [2.45, 2.75) is 26.7 Å². The lowest BCUT2D eigenvalue weighted by atomic mass is 10.1. The number of pyridine rings is 1. The number of aryl methyl sites for hydroxylation is 2. The third kappa shape index (κ3) is 3.27. The molecule has 2 aromatic heterocycles. The van der Waals surface area contributed by atoms with E-state index in [0.29, 0.717) is 29.8 Å². The molecule has 0 aliphatic carbocycles. The number of nitriles is 1. The van der Waals surface area contributed by atoms with Gasteiger partial charge in [-0.2, -0.15) is 14.0 Å². The molecule has 0 bridgehead atoms. The highest BCUT2D eigenvalue weighted by atomic mass is 19.3. The van der Waals surface area contributed by atoms with E-state index in [9.17, 15) is 14.0 Å². The van der Waals surface area contributed by atoms with Gasteiger partial charge in [0.05, 0.1) is 16.7 Å². The predicted octanol–water partition coefficient (Wildman–Crippen LogP) is 3.14. The Balaban J connectivity index is 2.69. The van der Waals surface area contributed by atoms with Gasteiger partial charge in [-0.3, -0.25) is 0 Å². The van der Waals surface area contributed by atoms with E-state index in [2.05, 4.69) is 15.3 Å². The van der Waals surface area contributed by atoms with Crippen LogP contribution in [0.15, 0.2) is 0 Å². The van der Waals surface area contributed by atoms with Crippen molar-refractivity contribution in [1.29, 1.82) is 5.26 Å². The van der Waals surface area contributed by atoms with Gasteiger partial charge in [0.1, 0.15) is 17.3 Å². The second-order valence-corrected chi connectivity index (χ2v) is 6.04. The lowest BCUT2D eigenvalue weighted by Crippen LogP contribution is -2.22. The maximum absolute atomic E-state index is 13.9. The van der Waals surface area contributed by atoms with Gasteiger partial charge >= 0.3 is 0 Å². The molecule has 0 aliphatic rings. The fourth-order valence-corrected chi connectivity index (χ4v) is 2.45. The van der Waals surface area contributed by atoms with Gasteiger partial charge in [-0.05, 0) is 33.5 Å². The Hall–Kier alpha value is -2.20. The molecule has 0 saturated heterocycles.